The van der Waals surface area contributed by atoms with Gasteiger partial charge in [0.15, 0.2) is 11.0 Å². The van der Waals surface area contributed by atoms with E-state index in [2.05, 4.69) is 34.3 Å². The third kappa shape index (κ3) is 6.12. The average molecular weight is 404 g/mol. The number of urea groups is 1. The van der Waals surface area contributed by atoms with E-state index < -0.39 is 11.9 Å². The molecule has 0 bridgehead atoms. The van der Waals surface area contributed by atoms with Crippen LogP contribution in [0.3, 0.4) is 0 Å². The molecule has 1 aromatic carbocycles. The summed E-state index contributed by atoms with van der Waals surface area (Å²) in [5, 5.41) is 13.9. The van der Waals surface area contributed by atoms with E-state index in [1.54, 1.807) is 7.11 Å². The summed E-state index contributed by atoms with van der Waals surface area (Å²) in [6.07, 6.45) is 3.52. The second kappa shape index (κ2) is 11.1. The number of methoxy groups -OCH3 is 1. The molecule has 2 aromatic rings. The van der Waals surface area contributed by atoms with Gasteiger partial charge in [-0.1, -0.05) is 31.2 Å². The number of benzene rings is 1. The van der Waals surface area contributed by atoms with Crippen molar-refractivity contribution in [1.82, 2.24) is 25.4 Å². The zero-order valence-electron chi connectivity index (χ0n) is 16.1. The zero-order valence-corrected chi connectivity index (χ0v) is 16.9. The molecule has 0 saturated heterocycles. The Morgan fingerprint density at radius 2 is 2.04 bits per heavy atom. The van der Waals surface area contributed by atoms with E-state index >= 15 is 0 Å². The first kappa shape index (κ1) is 21.5. The van der Waals surface area contributed by atoms with Crippen LogP contribution in [0.2, 0.25) is 0 Å². The Hall–Kier alpha value is -2.81. The van der Waals surface area contributed by atoms with Gasteiger partial charge in [-0.25, -0.2) is 4.79 Å². The van der Waals surface area contributed by atoms with E-state index in [0.717, 1.165) is 36.5 Å². The molecule has 1 heterocycles. The van der Waals surface area contributed by atoms with E-state index in [1.807, 2.05) is 28.8 Å². The molecule has 0 atom stereocenters. The summed E-state index contributed by atoms with van der Waals surface area (Å²) in [5.74, 6) is 1.17. The molecule has 2 rings (SSSR count). The number of rotatable bonds is 10. The molecule has 8 nitrogen and oxygen atoms in total. The van der Waals surface area contributed by atoms with Gasteiger partial charge < -0.3 is 14.6 Å². The van der Waals surface area contributed by atoms with Gasteiger partial charge in [0.25, 0.3) is 0 Å². The Bertz CT molecular complexity index is 804. The van der Waals surface area contributed by atoms with E-state index in [0.29, 0.717) is 11.7 Å². The Kier molecular flexibility index (Phi) is 8.54. The maximum Gasteiger partial charge on any atom is 0.321 e. The number of hydrogen-bond acceptors (Lipinski definition) is 6. The van der Waals surface area contributed by atoms with Crippen LogP contribution in [0.25, 0.3) is 11.4 Å². The Morgan fingerprint density at radius 3 is 2.68 bits per heavy atom. The maximum atomic E-state index is 12.0. The molecular weight excluding hydrogens is 378 g/mol. The minimum atomic E-state index is -0.545. The third-order valence-corrected chi connectivity index (χ3v) is 4.76. The van der Waals surface area contributed by atoms with Gasteiger partial charge in [-0.15, -0.1) is 16.8 Å². The quantitative estimate of drug-likeness (QED) is 0.468. The van der Waals surface area contributed by atoms with Gasteiger partial charge >= 0.3 is 6.03 Å². The number of carbonyl (C=O) groups excluding carboxylic acids is 2. The second-order valence-electron chi connectivity index (χ2n) is 5.88. The van der Waals surface area contributed by atoms with Crippen LogP contribution in [0.5, 0.6) is 5.75 Å². The highest BCUT2D eigenvalue weighted by atomic mass is 32.2. The minimum absolute atomic E-state index is 0.0639. The Balaban J connectivity index is 2.08. The Labute approximate surface area is 168 Å². The van der Waals surface area contributed by atoms with Crippen LogP contribution in [-0.2, 0) is 11.3 Å². The first-order chi connectivity index (χ1) is 13.6. The van der Waals surface area contributed by atoms with Crippen molar-refractivity contribution in [1.29, 1.82) is 0 Å². The molecule has 0 radical (unpaired) electrons. The van der Waals surface area contributed by atoms with Crippen LogP contribution < -0.4 is 15.4 Å². The summed E-state index contributed by atoms with van der Waals surface area (Å²) in [6.45, 7) is 6.65. The standard InChI is InChI=1S/C19H25N5O3S/c1-4-6-12-24-17(14-7-9-15(27-3)10-8-14)22-23-19(24)28-13-16(25)21-18(26)20-11-5-2/h5,7-10H,2,4,6,11-13H2,1,3H3,(H2,20,21,25,26). The van der Waals surface area contributed by atoms with Crippen LogP contribution in [0.1, 0.15) is 19.8 Å². The summed E-state index contributed by atoms with van der Waals surface area (Å²) >= 11 is 1.25. The molecule has 0 spiro atoms. The van der Waals surface area contributed by atoms with Crippen LogP contribution in [0, 0.1) is 0 Å². The molecule has 0 fully saturated rings. The summed E-state index contributed by atoms with van der Waals surface area (Å²) in [6, 6.07) is 7.05. The smallest absolute Gasteiger partial charge is 0.321 e. The fraction of sp³-hybridized carbons (Fsp3) is 0.368. The fourth-order valence-electron chi connectivity index (χ4n) is 2.37. The number of amides is 3. The van der Waals surface area contributed by atoms with Gasteiger partial charge in [0.1, 0.15) is 5.75 Å². The van der Waals surface area contributed by atoms with Crippen LogP contribution >= 0.6 is 11.8 Å². The third-order valence-electron chi connectivity index (χ3n) is 3.79. The molecule has 0 aliphatic heterocycles. The van der Waals surface area contributed by atoms with Gasteiger partial charge in [0.05, 0.1) is 12.9 Å². The van der Waals surface area contributed by atoms with Gasteiger partial charge in [-0.2, -0.15) is 0 Å². The van der Waals surface area contributed by atoms with Crippen molar-refractivity contribution >= 4 is 23.7 Å². The Morgan fingerprint density at radius 1 is 1.29 bits per heavy atom. The molecule has 0 aliphatic rings. The van der Waals surface area contributed by atoms with E-state index in [-0.39, 0.29) is 5.75 Å². The molecule has 0 saturated carbocycles. The van der Waals surface area contributed by atoms with Crippen molar-refractivity contribution in [2.75, 3.05) is 19.4 Å². The lowest BCUT2D eigenvalue weighted by molar-refractivity contribution is -0.117. The molecule has 0 aliphatic carbocycles. The molecule has 1 aromatic heterocycles. The highest BCUT2D eigenvalue weighted by molar-refractivity contribution is 7.99. The maximum absolute atomic E-state index is 12.0. The van der Waals surface area contributed by atoms with Crippen LogP contribution in [-0.4, -0.2) is 46.1 Å². The van der Waals surface area contributed by atoms with Crippen LogP contribution in [0.15, 0.2) is 42.1 Å². The lowest BCUT2D eigenvalue weighted by Crippen LogP contribution is -2.40. The molecule has 9 heteroatoms. The van der Waals surface area contributed by atoms with E-state index in [1.165, 1.54) is 17.8 Å². The largest absolute Gasteiger partial charge is 0.497 e. The molecule has 150 valence electrons. The lowest BCUT2D eigenvalue weighted by atomic mass is 10.2. The monoisotopic (exact) mass is 403 g/mol. The highest BCUT2D eigenvalue weighted by Gasteiger charge is 2.16. The number of unbranched alkanes of at least 4 members (excludes halogenated alkanes) is 1. The number of nitrogens with zero attached hydrogens (tertiary/aromatic N) is 3. The second-order valence-corrected chi connectivity index (χ2v) is 6.82. The summed E-state index contributed by atoms with van der Waals surface area (Å²) in [7, 11) is 1.62. The van der Waals surface area contributed by atoms with Gasteiger partial charge in [0.2, 0.25) is 5.91 Å². The van der Waals surface area contributed by atoms with Crippen molar-refractivity contribution in [2.24, 2.45) is 0 Å². The number of aromatic nitrogens is 3. The van der Waals surface area contributed by atoms with E-state index in [9.17, 15) is 9.59 Å². The molecule has 2 N–H and O–H groups in total. The van der Waals surface area contributed by atoms with Crippen molar-refractivity contribution in [3.05, 3.63) is 36.9 Å². The molecule has 3 amide bonds. The van der Waals surface area contributed by atoms with Crippen molar-refractivity contribution < 1.29 is 14.3 Å². The number of nitrogens with one attached hydrogen (secondary N) is 2. The first-order valence-electron chi connectivity index (χ1n) is 8.98. The van der Waals surface area contributed by atoms with E-state index in [4.69, 9.17) is 4.74 Å². The van der Waals surface area contributed by atoms with Gasteiger partial charge in [0, 0.05) is 18.7 Å². The number of carbonyl (C=O) groups is 2. The fourth-order valence-corrected chi connectivity index (χ4v) is 3.13. The topological polar surface area (TPSA) is 98.1 Å². The summed E-state index contributed by atoms with van der Waals surface area (Å²) in [5.41, 5.74) is 0.921. The molecule has 28 heavy (non-hydrogen) atoms. The minimum Gasteiger partial charge on any atom is -0.497 e. The normalized spacial score (nSPS) is 10.4. The molecule has 0 unspecified atom stereocenters. The van der Waals surface area contributed by atoms with Crippen molar-refractivity contribution in [3.63, 3.8) is 0 Å². The number of ether oxygens (including phenoxy) is 1. The number of hydrogen-bond donors (Lipinski definition) is 2. The average Bonchev–Trinajstić information content (AvgIpc) is 3.11. The van der Waals surface area contributed by atoms with Crippen molar-refractivity contribution in [2.45, 2.75) is 31.5 Å². The first-order valence-corrected chi connectivity index (χ1v) is 9.96. The van der Waals surface area contributed by atoms with Crippen molar-refractivity contribution in [3.8, 4) is 17.1 Å². The van der Waals surface area contributed by atoms with Gasteiger partial charge in [-0.05, 0) is 30.7 Å². The van der Waals surface area contributed by atoms with Gasteiger partial charge in [-0.3, -0.25) is 10.1 Å². The zero-order chi connectivity index (χ0) is 20.4. The lowest BCUT2D eigenvalue weighted by Gasteiger charge is -2.10. The SMILES string of the molecule is C=CCNC(=O)NC(=O)CSc1nnc(-c2ccc(OC)cc2)n1CCCC. The highest BCUT2D eigenvalue weighted by Crippen LogP contribution is 2.26. The predicted octanol–water partition coefficient (Wildman–Crippen LogP) is 2.86. The number of imide groups is 1. The number of thioether (sulfide) groups is 1. The van der Waals surface area contributed by atoms with Crippen LogP contribution in [0.4, 0.5) is 4.79 Å². The summed E-state index contributed by atoms with van der Waals surface area (Å²) in [4.78, 5) is 23.5. The summed E-state index contributed by atoms with van der Waals surface area (Å²) < 4.78 is 7.20. The molecular formula is C19H25N5O3S. The predicted molar refractivity (Wildman–Crippen MR) is 109 cm³/mol.